The molecular formula is C16H12N2. The minimum Gasteiger partial charge on any atom is -0.187 e. The molecule has 86 valence electrons. The molecule has 0 saturated carbocycles. The summed E-state index contributed by atoms with van der Waals surface area (Å²) in [6.45, 7) is 0. The summed E-state index contributed by atoms with van der Waals surface area (Å²) in [5.74, 6) is 0.870. The smallest absolute Gasteiger partial charge is 0.107 e. The minimum absolute atomic E-state index is 0.389. The molecule has 2 atom stereocenters. The van der Waals surface area contributed by atoms with Gasteiger partial charge in [0, 0.05) is 11.8 Å². The number of benzene rings is 2. The predicted octanol–water partition coefficient (Wildman–Crippen LogP) is 3.48. The fourth-order valence-electron chi connectivity index (χ4n) is 3.97. The highest BCUT2D eigenvalue weighted by atomic mass is 15.3. The van der Waals surface area contributed by atoms with Gasteiger partial charge in [-0.1, -0.05) is 48.5 Å². The molecule has 2 nitrogen and oxygen atoms in total. The van der Waals surface area contributed by atoms with E-state index >= 15 is 0 Å². The van der Waals surface area contributed by atoms with E-state index < -0.39 is 0 Å². The van der Waals surface area contributed by atoms with E-state index in [2.05, 4.69) is 58.8 Å². The summed E-state index contributed by atoms with van der Waals surface area (Å²) in [6, 6.07) is 18.4. The molecule has 0 radical (unpaired) electrons. The van der Waals surface area contributed by atoms with E-state index in [0.717, 1.165) is 0 Å². The van der Waals surface area contributed by atoms with E-state index in [-0.39, 0.29) is 0 Å². The van der Waals surface area contributed by atoms with Gasteiger partial charge in [-0.3, -0.25) is 0 Å². The number of rotatable bonds is 0. The molecule has 18 heavy (non-hydrogen) atoms. The normalized spacial score (nSPS) is 33.3. The predicted molar refractivity (Wildman–Crippen MR) is 69.0 cm³/mol. The van der Waals surface area contributed by atoms with E-state index in [1.807, 2.05) is 0 Å². The highest BCUT2D eigenvalue weighted by Gasteiger charge is 2.53. The van der Waals surface area contributed by atoms with Crippen molar-refractivity contribution in [2.45, 2.75) is 23.9 Å². The van der Waals surface area contributed by atoms with Crippen molar-refractivity contribution in [2.24, 2.45) is 10.2 Å². The van der Waals surface area contributed by atoms with Gasteiger partial charge in [0.15, 0.2) is 0 Å². The minimum atomic E-state index is 0.389. The molecule has 2 aromatic carbocycles. The van der Waals surface area contributed by atoms with Gasteiger partial charge < -0.3 is 0 Å². The molecule has 0 N–H and O–H groups in total. The van der Waals surface area contributed by atoms with Crippen LogP contribution in [0.1, 0.15) is 34.1 Å². The first-order chi connectivity index (χ1) is 8.95. The second-order valence-electron chi connectivity index (χ2n) is 5.43. The third kappa shape index (κ3) is 0.849. The van der Waals surface area contributed by atoms with Crippen molar-refractivity contribution in [2.75, 3.05) is 0 Å². The molecule has 0 fully saturated rings. The maximum absolute atomic E-state index is 4.40. The van der Waals surface area contributed by atoms with Crippen molar-refractivity contribution < 1.29 is 0 Å². The Morgan fingerprint density at radius 2 is 0.889 bits per heavy atom. The monoisotopic (exact) mass is 232 g/mol. The van der Waals surface area contributed by atoms with E-state index in [9.17, 15) is 0 Å². The van der Waals surface area contributed by atoms with Crippen molar-refractivity contribution in [3.05, 3.63) is 70.8 Å². The number of azo groups is 1. The first-order valence-corrected chi connectivity index (χ1v) is 6.53. The lowest BCUT2D eigenvalue weighted by Gasteiger charge is -2.50. The third-order valence-corrected chi connectivity index (χ3v) is 4.70. The van der Waals surface area contributed by atoms with E-state index in [1.54, 1.807) is 0 Å². The zero-order valence-corrected chi connectivity index (χ0v) is 9.82. The summed E-state index contributed by atoms with van der Waals surface area (Å²) >= 11 is 0. The van der Waals surface area contributed by atoms with Gasteiger partial charge in [0.1, 0.15) is 12.1 Å². The Bertz CT molecular complexity index is 584. The van der Waals surface area contributed by atoms with Crippen LogP contribution in [0.4, 0.5) is 0 Å². The molecule has 1 heterocycles. The van der Waals surface area contributed by atoms with Crippen molar-refractivity contribution in [1.29, 1.82) is 0 Å². The van der Waals surface area contributed by atoms with Gasteiger partial charge in [0.2, 0.25) is 0 Å². The highest BCUT2D eigenvalue weighted by molar-refractivity contribution is 5.59. The van der Waals surface area contributed by atoms with Crippen molar-refractivity contribution in [1.82, 2.24) is 0 Å². The Labute approximate surface area is 105 Å². The number of nitrogens with zero attached hydrogens (tertiary/aromatic N) is 2. The van der Waals surface area contributed by atoms with Gasteiger partial charge >= 0.3 is 0 Å². The Morgan fingerprint density at radius 3 is 1.17 bits per heavy atom. The first-order valence-electron chi connectivity index (χ1n) is 6.53. The Balaban J connectivity index is 1.88. The molecule has 2 bridgehead atoms. The molecule has 2 aromatic rings. The zero-order chi connectivity index (χ0) is 11.7. The molecular weight excluding hydrogens is 220 g/mol. The molecule has 0 amide bonds. The van der Waals surface area contributed by atoms with Crippen LogP contribution in [0.2, 0.25) is 0 Å². The Hall–Kier alpha value is -1.96. The summed E-state index contributed by atoms with van der Waals surface area (Å²) in [4.78, 5) is 0. The van der Waals surface area contributed by atoms with Crippen LogP contribution >= 0.6 is 0 Å². The molecule has 3 aliphatic carbocycles. The van der Waals surface area contributed by atoms with Crippen LogP contribution in [0, 0.1) is 0 Å². The van der Waals surface area contributed by atoms with Crippen LogP contribution in [-0.4, -0.2) is 12.1 Å². The molecule has 0 spiro atoms. The van der Waals surface area contributed by atoms with Crippen LogP contribution in [0.5, 0.6) is 0 Å². The molecule has 4 aliphatic rings. The summed E-state index contributed by atoms with van der Waals surface area (Å²) in [5.41, 5.74) is 5.89. The maximum Gasteiger partial charge on any atom is 0.107 e. The van der Waals surface area contributed by atoms with Crippen molar-refractivity contribution in [3.63, 3.8) is 0 Å². The van der Waals surface area contributed by atoms with Crippen LogP contribution in [0.15, 0.2) is 58.8 Å². The van der Waals surface area contributed by atoms with Crippen molar-refractivity contribution >= 4 is 0 Å². The van der Waals surface area contributed by atoms with Crippen molar-refractivity contribution in [3.8, 4) is 0 Å². The topological polar surface area (TPSA) is 24.7 Å². The second-order valence-corrected chi connectivity index (χ2v) is 5.43. The number of hydrogen-bond donors (Lipinski definition) is 0. The van der Waals surface area contributed by atoms with Gasteiger partial charge in [-0.15, -0.1) is 0 Å². The van der Waals surface area contributed by atoms with Crippen LogP contribution in [0.25, 0.3) is 0 Å². The van der Waals surface area contributed by atoms with E-state index in [1.165, 1.54) is 22.3 Å². The first kappa shape index (κ1) is 9.03. The standard InChI is InChI=1S/C16H12N2/c1-2-6-10-9(5-1)13-11-7-3-4-8-12(11)14(10)16-15(13)17-18-16/h1-8,13-16H/t13?,14?,15-,16+. The van der Waals surface area contributed by atoms with Gasteiger partial charge in [-0.05, 0) is 22.3 Å². The molecule has 0 unspecified atom stereocenters. The number of hydrogen-bond acceptors (Lipinski definition) is 2. The average molecular weight is 232 g/mol. The van der Waals surface area contributed by atoms with Crippen LogP contribution in [-0.2, 0) is 0 Å². The van der Waals surface area contributed by atoms with Crippen LogP contribution < -0.4 is 0 Å². The van der Waals surface area contributed by atoms with Gasteiger partial charge in [-0.25, -0.2) is 0 Å². The lowest BCUT2D eigenvalue weighted by atomic mass is 9.59. The average Bonchev–Trinajstić information content (AvgIpc) is 2.40. The summed E-state index contributed by atoms with van der Waals surface area (Å²) in [6.07, 6.45) is 0. The summed E-state index contributed by atoms with van der Waals surface area (Å²) in [7, 11) is 0. The third-order valence-electron chi connectivity index (χ3n) is 4.70. The Kier molecular flexibility index (Phi) is 1.45. The lowest BCUT2D eigenvalue weighted by molar-refractivity contribution is 0.296. The van der Waals surface area contributed by atoms with E-state index in [0.29, 0.717) is 23.9 Å². The highest BCUT2D eigenvalue weighted by Crippen LogP contribution is 2.57. The molecule has 6 rings (SSSR count). The SMILES string of the molecule is c1ccc2c(c1)C1c3ccccc3C2[C@@H]2N=N[C@H]12. The van der Waals surface area contributed by atoms with Gasteiger partial charge in [0.05, 0.1) is 0 Å². The van der Waals surface area contributed by atoms with E-state index in [4.69, 9.17) is 0 Å². The fourth-order valence-corrected chi connectivity index (χ4v) is 3.97. The molecule has 2 heteroatoms. The second kappa shape index (κ2) is 2.89. The lowest BCUT2D eigenvalue weighted by Crippen LogP contribution is -2.49. The fraction of sp³-hybridized carbons (Fsp3) is 0.250. The van der Waals surface area contributed by atoms with Gasteiger partial charge in [0.25, 0.3) is 0 Å². The summed E-state index contributed by atoms with van der Waals surface area (Å²) in [5, 5.41) is 8.79. The summed E-state index contributed by atoms with van der Waals surface area (Å²) < 4.78 is 0. The molecule has 0 aromatic heterocycles. The molecule has 1 aliphatic heterocycles. The zero-order valence-electron chi connectivity index (χ0n) is 9.82. The maximum atomic E-state index is 4.40. The largest absolute Gasteiger partial charge is 0.187 e. The molecule has 0 saturated heterocycles. The van der Waals surface area contributed by atoms with Gasteiger partial charge in [-0.2, -0.15) is 10.2 Å². The Morgan fingerprint density at radius 1 is 0.556 bits per heavy atom. The van der Waals surface area contributed by atoms with Crippen LogP contribution in [0.3, 0.4) is 0 Å². The quantitative estimate of drug-likeness (QED) is 0.664.